The average Bonchev–Trinajstić information content (AvgIpc) is 2.33. The number of alkyl halides is 6. The summed E-state index contributed by atoms with van der Waals surface area (Å²) in [6, 6.07) is 1.62. The maximum Gasteiger partial charge on any atom is 0.416 e. The maximum atomic E-state index is 12.8. The quantitative estimate of drug-likeness (QED) is 0.796. The van der Waals surface area contributed by atoms with E-state index >= 15 is 0 Å². The van der Waals surface area contributed by atoms with Crippen LogP contribution in [0.15, 0.2) is 18.2 Å². The molecule has 0 bridgehead atoms. The summed E-state index contributed by atoms with van der Waals surface area (Å²) in [4.78, 5) is 0. The highest BCUT2D eigenvalue weighted by molar-refractivity contribution is 5.37. The second-order valence-corrected chi connectivity index (χ2v) is 5.42. The van der Waals surface area contributed by atoms with Gasteiger partial charge < -0.3 is 5.73 Å². The molecule has 0 amide bonds. The lowest BCUT2D eigenvalue weighted by molar-refractivity contribution is -0.143. The minimum absolute atomic E-state index is 0.0745. The number of hydrogen-bond acceptors (Lipinski definition) is 1. The topological polar surface area (TPSA) is 26.0 Å². The van der Waals surface area contributed by atoms with Crippen LogP contribution in [0, 0.1) is 5.92 Å². The standard InChI is InChI=1S/C14H15F6N/c1-2-10-11(6-12(10)21)7-3-8(13(15,16)17)5-9(4-7)14(18,19)20/h3-5,10-12H,2,6,21H2,1H3. The Hall–Kier alpha value is -1.24. The molecular formula is C14H15F6N. The molecule has 1 nitrogen and oxygen atoms in total. The second kappa shape index (κ2) is 5.19. The molecule has 21 heavy (non-hydrogen) atoms. The van der Waals surface area contributed by atoms with Gasteiger partial charge in [-0.1, -0.05) is 13.3 Å². The van der Waals surface area contributed by atoms with Crippen LogP contribution in [0.25, 0.3) is 0 Å². The lowest BCUT2D eigenvalue weighted by Gasteiger charge is -2.43. The third kappa shape index (κ3) is 3.17. The second-order valence-electron chi connectivity index (χ2n) is 5.42. The van der Waals surface area contributed by atoms with E-state index in [1.807, 2.05) is 6.92 Å². The monoisotopic (exact) mass is 311 g/mol. The van der Waals surface area contributed by atoms with Crippen molar-refractivity contribution in [2.75, 3.05) is 0 Å². The van der Waals surface area contributed by atoms with Gasteiger partial charge in [-0.05, 0) is 42.0 Å². The lowest BCUT2D eigenvalue weighted by atomic mass is 9.65. The average molecular weight is 311 g/mol. The predicted molar refractivity (Wildman–Crippen MR) is 65.6 cm³/mol. The minimum atomic E-state index is -4.80. The van der Waals surface area contributed by atoms with Gasteiger partial charge in [0.2, 0.25) is 0 Å². The Morgan fingerprint density at radius 3 is 1.81 bits per heavy atom. The normalized spacial score (nSPS) is 26.6. The predicted octanol–water partition coefficient (Wildman–Crippen LogP) is 4.57. The molecule has 1 saturated carbocycles. The summed E-state index contributed by atoms with van der Waals surface area (Å²) < 4.78 is 76.7. The first-order chi connectivity index (χ1) is 9.54. The van der Waals surface area contributed by atoms with Gasteiger partial charge in [0.05, 0.1) is 11.1 Å². The third-order valence-electron chi connectivity index (χ3n) is 4.10. The van der Waals surface area contributed by atoms with Crippen molar-refractivity contribution >= 4 is 0 Å². The zero-order valence-electron chi connectivity index (χ0n) is 11.2. The molecule has 3 unspecified atom stereocenters. The first-order valence-corrected chi connectivity index (χ1v) is 6.59. The van der Waals surface area contributed by atoms with Crippen molar-refractivity contribution in [3.63, 3.8) is 0 Å². The van der Waals surface area contributed by atoms with E-state index in [1.54, 1.807) is 0 Å². The Balaban J connectivity index is 2.46. The van der Waals surface area contributed by atoms with Gasteiger partial charge in [0.1, 0.15) is 0 Å². The fourth-order valence-electron chi connectivity index (χ4n) is 2.91. The van der Waals surface area contributed by atoms with Gasteiger partial charge in [0, 0.05) is 6.04 Å². The molecule has 1 aromatic carbocycles. The van der Waals surface area contributed by atoms with Crippen molar-refractivity contribution in [2.24, 2.45) is 11.7 Å². The van der Waals surface area contributed by atoms with Gasteiger partial charge in [-0.2, -0.15) is 26.3 Å². The zero-order valence-corrected chi connectivity index (χ0v) is 11.2. The van der Waals surface area contributed by atoms with E-state index < -0.39 is 23.5 Å². The molecule has 0 spiro atoms. The summed E-state index contributed by atoms with van der Waals surface area (Å²) in [7, 11) is 0. The summed E-state index contributed by atoms with van der Waals surface area (Å²) in [6.07, 6.45) is -8.56. The molecule has 0 aromatic heterocycles. The molecule has 0 heterocycles. The fraction of sp³-hybridized carbons (Fsp3) is 0.571. The van der Waals surface area contributed by atoms with E-state index in [0.29, 0.717) is 12.8 Å². The molecule has 1 aromatic rings. The smallest absolute Gasteiger partial charge is 0.327 e. The van der Waals surface area contributed by atoms with Crippen LogP contribution in [-0.2, 0) is 12.4 Å². The molecule has 0 aliphatic heterocycles. The highest BCUT2D eigenvalue weighted by Gasteiger charge is 2.42. The van der Waals surface area contributed by atoms with Gasteiger partial charge in [-0.25, -0.2) is 0 Å². The van der Waals surface area contributed by atoms with Gasteiger partial charge in [0.15, 0.2) is 0 Å². The van der Waals surface area contributed by atoms with Crippen LogP contribution < -0.4 is 5.73 Å². The summed E-state index contributed by atoms with van der Waals surface area (Å²) in [5, 5.41) is 0. The van der Waals surface area contributed by atoms with Crippen LogP contribution in [0.2, 0.25) is 0 Å². The van der Waals surface area contributed by atoms with E-state index in [4.69, 9.17) is 5.73 Å². The number of benzene rings is 1. The van der Waals surface area contributed by atoms with E-state index in [1.165, 1.54) is 0 Å². The Kier molecular flexibility index (Phi) is 3.99. The van der Waals surface area contributed by atoms with Crippen LogP contribution >= 0.6 is 0 Å². The first kappa shape index (κ1) is 16.1. The van der Waals surface area contributed by atoms with Crippen molar-refractivity contribution in [3.8, 4) is 0 Å². The van der Waals surface area contributed by atoms with Crippen LogP contribution in [0.5, 0.6) is 0 Å². The molecule has 2 rings (SSSR count). The largest absolute Gasteiger partial charge is 0.416 e. The van der Waals surface area contributed by atoms with E-state index in [2.05, 4.69) is 0 Å². The van der Waals surface area contributed by atoms with Crippen molar-refractivity contribution in [2.45, 2.75) is 44.1 Å². The number of halogens is 6. The van der Waals surface area contributed by atoms with Gasteiger partial charge in [-0.15, -0.1) is 0 Å². The fourth-order valence-corrected chi connectivity index (χ4v) is 2.91. The summed E-state index contributed by atoms with van der Waals surface area (Å²) in [6.45, 7) is 1.83. The van der Waals surface area contributed by atoms with Crippen molar-refractivity contribution in [3.05, 3.63) is 34.9 Å². The van der Waals surface area contributed by atoms with Gasteiger partial charge >= 0.3 is 12.4 Å². The molecule has 0 saturated heterocycles. The molecular weight excluding hydrogens is 296 g/mol. The SMILES string of the molecule is CCC1C(N)CC1c1cc(C(F)(F)F)cc(C(F)(F)F)c1. The number of rotatable bonds is 2. The van der Waals surface area contributed by atoms with Crippen LogP contribution in [-0.4, -0.2) is 6.04 Å². The minimum Gasteiger partial charge on any atom is -0.327 e. The van der Waals surface area contributed by atoms with E-state index in [-0.39, 0.29) is 29.5 Å². The van der Waals surface area contributed by atoms with Crippen molar-refractivity contribution in [1.82, 2.24) is 0 Å². The molecule has 2 N–H and O–H groups in total. The number of hydrogen-bond donors (Lipinski definition) is 1. The highest BCUT2D eigenvalue weighted by Crippen LogP contribution is 2.46. The lowest BCUT2D eigenvalue weighted by Crippen LogP contribution is -2.45. The molecule has 1 aliphatic carbocycles. The highest BCUT2D eigenvalue weighted by atomic mass is 19.4. The third-order valence-corrected chi connectivity index (χ3v) is 4.10. The van der Waals surface area contributed by atoms with E-state index in [9.17, 15) is 26.3 Å². The summed E-state index contributed by atoms with van der Waals surface area (Å²) in [5.74, 6) is -0.414. The Morgan fingerprint density at radius 2 is 1.48 bits per heavy atom. The summed E-state index contributed by atoms with van der Waals surface area (Å²) in [5.41, 5.74) is 3.32. The van der Waals surface area contributed by atoms with Crippen LogP contribution in [0.4, 0.5) is 26.3 Å². The number of nitrogens with two attached hydrogens (primary N) is 1. The summed E-state index contributed by atoms with van der Waals surface area (Å²) >= 11 is 0. The van der Waals surface area contributed by atoms with Crippen molar-refractivity contribution in [1.29, 1.82) is 0 Å². The van der Waals surface area contributed by atoms with Crippen LogP contribution in [0.1, 0.15) is 42.4 Å². The maximum absolute atomic E-state index is 12.8. The zero-order chi connectivity index (χ0) is 16.0. The molecule has 1 aliphatic rings. The van der Waals surface area contributed by atoms with E-state index in [0.717, 1.165) is 12.1 Å². The van der Waals surface area contributed by atoms with Crippen LogP contribution in [0.3, 0.4) is 0 Å². The Morgan fingerprint density at radius 1 is 1.00 bits per heavy atom. The molecule has 7 heteroatoms. The van der Waals surface area contributed by atoms with Gasteiger partial charge in [0.25, 0.3) is 0 Å². The van der Waals surface area contributed by atoms with Gasteiger partial charge in [-0.3, -0.25) is 0 Å². The molecule has 3 atom stereocenters. The Bertz CT molecular complexity index is 487. The Labute approximate surface area is 118 Å². The van der Waals surface area contributed by atoms with Crippen molar-refractivity contribution < 1.29 is 26.3 Å². The molecule has 118 valence electrons. The molecule has 1 fully saturated rings. The molecule has 0 radical (unpaired) electrons. The first-order valence-electron chi connectivity index (χ1n) is 6.59.